The number of benzene rings is 2. The first-order chi connectivity index (χ1) is 9.56. The summed E-state index contributed by atoms with van der Waals surface area (Å²) in [6.45, 7) is 0.294. The summed E-state index contributed by atoms with van der Waals surface area (Å²) in [5.74, 6) is -0.323. The molecule has 0 atom stereocenters. The number of carboxylic acid groups (broad SMARTS) is 1. The van der Waals surface area contributed by atoms with Crippen molar-refractivity contribution in [3.8, 4) is 5.75 Å². The predicted molar refractivity (Wildman–Crippen MR) is 81.3 cm³/mol. The molecule has 0 aromatic heterocycles. The van der Waals surface area contributed by atoms with Crippen molar-refractivity contribution >= 4 is 33.5 Å². The smallest absolute Gasteiger partial charge is 0.307 e. The molecule has 20 heavy (non-hydrogen) atoms. The second-order valence-corrected chi connectivity index (χ2v) is 5.53. The van der Waals surface area contributed by atoms with Crippen LogP contribution in [0.2, 0.25) is 5.02 Å². The van der Waals surface area contributed by atoms with Gasteiger partial charge in [0.25, 0.3) is 0 Å². The molecule has 0 unspecified atom stereocenters. The lowest BCUT2D eigenvalue weighted by Crippen LogP contribution is -2.04. The minimum absolute atomic E-state index is 0.0652. The molecule has 5 heteroatoms. The first-order valence-corrected chi connectivity index (χ1v) is 7.10. The summed E-state index contributed by atoms with van der Waals surface area (Å²) in [7, 11) is 0. The molecule has 3 nitrogen and oxygen atoms in total. The van der Waals surface area contributed by atoms with E-state index in [4.69, 9.17) is 21.4 Å². The van der Waals surface area contributed by atoms with Crippen molar-refractivity contribution in [2.45, 2.75) is 13.0 Å². The summed E-state index contributed by atoms with van der Waals surface area (Å²) >= 11 is 9.46. The Balaban J connectivity index is 2.12. The molecule has 0 aliphatic carbocycles. The lowest BCUT2D eigenvalue weighted by molar-refractivity contribution is -0.136. The maximum Gasteiger partial charge on any atom is 0.307 e. The first kappa shape index (κ1) is 14.9. The van der Waals surface area contributed by atoms with E-state index in [2.05, 4.69) is 15.9 Å². The summed E-state index contributed by atoms with van der Waals surface area (Å²) in [5, 5.41) is 9.48. The summed E-state index contributed by atoms with van der Waals surface area (Å²) in [5.41, 5.74) is 1.49. The van der Waals surface area contributed by atoms with Crippen LogP contribution in [0.15, 0.2) is 46.9 Å². The van der Waals surface area contributed by atoms with Crippen LogP contribution >= 0.6 is 27.5 Å². The largest absolute Gasteiger partial charge is 0.489 e. The Bertz CT molecular complexity index is 628. The standard InChI is InChI=1S/C15H12BrClO3/c16-12-6-5-11(13(17)8-12)9-20-14-4-2-1-3-10(14)7-15(18)19/h1-6,8H,7,9H2,(H,18,19). The van der Waals surface area contributed by atoms with Gasteiger partial charge in [0.2, 0.25) is 0 Å². The van der Waals surface area contributed by atoms with Crippen LogP contribution in [0.1, 0.15) is 11.1 Å². The van der Waals surface area contributed by atoms with Gasteiger partial charge in [0.1, 0.15) is 12.4 Å². The molecule has 2 rings (SSSR count). The number of aliphatic carboxylic acids is 1. The Kier molecular flexibility index (Phi) is 5.04. The predicted octanol–water partition coefficient (Wildman–Crippen LogP) is 4.31. The average Bonchev–Trinajstić information content (AvgIpc) is 2.39. The van der Waals surface area contributed by atoms with E-state index in [0.717, 1.165) is 10.0 Å². The van der Waals surface area contributed by atoms with Gasteiger partial charge in [0, 0.05) is 20.6 Å². The topological polar surface area (TPSA) is 46.5 Å². The monoisotopic (exact) mass is 354 g/mol. The number of para-hydroxylation sites is 1. The SMILES string of the molecule is O=C(O)Cc1ccccc1OCc1ccc(Br)cc1Cl. The molecule has 1 N–H and O–H groups in total. The van der Waals surface area contributed by atoms with Crippen molar-refractivity contribution < 1.29 is 14.6 Å². The van der Waals surface area contributed by atoms with E-state index in [-0.39, 0.29) is 6.42 Å². The number of hydrogen-bond donors (Lipinski definition) is 1. The molecule has 0 aliphatic heterocycles. The van der Waals surface area contributed by atoms with E-state index in [9.17, 15) is 4.79 Å². The lowest BCUT2D eigenvalue weighted by Gasteiger charge is -2.11. The first-order valence-electron chi connectivity index (χ1n) is 5.92. The van der Waals surface area contributed by atoms with Crippen molar-refractivity contribution in [2.75, 3.05) is 0 Å². The fourth-order valence-corrected chi connectivity index (χ4v) is 2.48. The second-order valence-electron chi connectivity index (χ2n) is 4.20. The normalized spacial score (nSPS) is 10.3. The fourth-order valence-electron chi connectivity index (χ4n) is 1.75. The van der Waals surface area contributed by atoms with Gasteiger partial charge in [-0.3, -0.25) is 4.79 Å². The highest BCUT2D eigenvalue weighted by Crippen LogP contribution is 2.24. The van der Waals surface area contributed by atoms with Gasteiger partial charge in [-0.05, 0) is 18.2 Å². The van der Waals surface area contributed by atoms with Crippen LogP contribution < -0.4 is 4.74 Å². The molecule has 0 fully saturated rings. The highest BCUT2D eigenvalue weighted by Gasteiger charge is 2.08. The van der Waals surface area contributed by atoms with Crippen LogP contribution in [0.3, 0.4) is 0 Å². The van der Waals surface area contributed by atoms with Crippen LogP contribution in [0, 0.1) is 0 Å². The maximum absolute atomic E-state index is 10.8. The van der Waals surface area contributed by atoms with Gasteiger partial charge in [-0.15, -0.1) is 0 Å². The summed E-state index contributed by atoms with van der Waals surface area (Å²) in [6.07, 6.45) is -0.0652. The maximum atomic E-state index is 10.8. The minimum atomic E-state index is -0.886. The average molecular weight is 356 g/mol. The third-order valence-corrected chi connectivity index (χ3v) is 3.56. The van der Waals surface area contributed by atoms with Crippen LogP contribution in [0.5, 0.6) is 5.75 Å². The van der Waals surface area contributed by atoms with E-state index in [1.54, 1.807) is 24.3 Å². The van der Waals surface area contributed by atoms with E-state index in [1.807, 2.05) is 18.2 Å². The molecule has 0 bridgehead atoms. The number of halogens is 2. The molecule has 0 radical (unpaired) electrons. The Morgan fingerprint density at radius 3 is 2.65 bits per heavy atom. The summed E-state index contributed by atoms with van der Waals surface area (Å²) in [4.78, 5) is 10.8. The number of hydrogen-bond acceptors (Lipinski definition) is 2. The summed E-state index contributed by atoms with van der Waals surface area (Å²) < 4.78 is 6.58. The van der Waals surface area contributed by atoms with Gasteiger partial charge < -0.3 is 9.84 Å². The second kappa shape index (κ2) is 6.77. The van der Waals surface area contributed by atoms with Crippen LogP contribution in [-0.4, -0.2) is 11.1 Å². The van der Waals surface area contributed by atoms with Crippen molar-refractivity contribution in [1.82, 2.24) is 0 Å². The molecule has 0 saturated heterocycles. The number of carbonyl (C=O) groups is 1. The highest BCUT2D eigenvalue weighted by molar-refractivity contribution is 9.10. The minimum Gasteiger partial charge on any atom is -0.489 e. The Labute approximate surface area is 130 Å². The van der Waals surface area contributed by atoms with Crippen LogP contribution in [0.25, 0.3) is 0 Å². The molecule has 0 amide bonds. The zero-order valence-electron chi connectivity index (χ0n) is 10.5. The molecule has 104 valence electrons. The molecule has 0 spiro atoms. The van der Waals surface area contributed by atoms with E-state index >= 15 is 0 Å². The van der Waals surface area contributed by atoms with Crippen LogP contribution in [0.4, 0.5) is 0 Å². The number of rotatable bonds is 5. The third kappa shape index (κ3) is 3.99. The van der Waals surface area contributed by atoms with Gasteiger partial charge >= 0.3 is 5.97 Å². The zero-order valence-corrected chi connectivity index (χ0v) is 12.8. The molecule has 0 saturated carbocycles. The Morgan fingerprint density at radius 1 is 1.20 bits per heavy atom. The summed E-state index contributed by atoms with van der Waals surface area (Å²) in [6, 6.07) is 12.6. The zero-order chi connectivity index (χ0) is 14.5. The van der Waals surface area contributed by atoms with Gasteiger partial charge in [-0.1, -0.05) is 51.8 Å². The van der Waals surface area contributed by atoms with Gasteiger partial charge in [0.15, 0.2) is 0 Å². The van der Waals surface area contributed by atoms with E-state index in [0.29, 0.717) is 22.9 Å². The fraction of sp³-hybridized carbons (Fsp3) is 0.133. The molecule has 0 heterocycles. The van der Waals surface area contributed by atoms with Gasteiger partial charge in [-0.2, -0.15) is 0 Å². The third-order valence-electron chi connectivity index (χ3n) is 2.71. The number of ether oxygens (including phenoxy) is 1. The van der Waals surface area contributed by atoms with Crippen molar-refractivity contribution in [1.29, 1.82) is 0 Å². The molecular formula is C15H12BrClO3. The van der Waals surface area contributed by atoms with Gasteiger partial charge in [0.05, 0.1) is 6.42 Å². The Morgan fingerprint density at radius 2 is 1.95 bits per heavy atom. The van der Waals surface area contributed by atoms with Crippen molar-refractivity contribution in [2.24, 2.45) is 0 Å². The lowest BCUT2D eigenvalue weighted by atomic mass is 10.1. The quantitative estimate of drug-likeness (QED) is 0.869. The number of carboxylic acids is 1. The molecule has 2 aromatic carbocycles. The molecule has 0 aliphatic rings. The van der Waals surface area contributed by atoms with Crippen LogP contribution in [-0.2, 0) is 17.8 Å². The molecular weight excluding hydrogens is 344 g/mol. The van der Waals surface area contributed by atoms with Crippen molar-refractivity contribution in [3.05, 3.63) is 63.1 Å². The molecule has 2 aromatic rings. The Hall–Kier alpha value is -1.52. The van der Waals surface area contributed by atoms with Crippen molar-refractivity contribution in [3.63, 3.8) is 0 Å². The highest BCUT2D eigenvalue weighted by atomic mass is 79.9. The van der Waals surface area contributed by atoms with E-state index in [1.165, 1.54) is 0 Å². The van der Waals surface area contributed by atoms with Gasteiger partial charge in [-0.25, -0.2) is 0 Å². The van der Waals surface area contributed by atoms with E-state index < -0.39 is 5.97 Å².